The zero-order valence-electron chi connectivity index (χ0n) is 12.3. The van der Waals surface area contributed by atoms with Crippen molar-refractivity contribution in [3.8, 4) is 0 Å². The topological polar surface area (TPSA) is 58.4 Å². The molecule has 1 atom stereocenters. The number of nitrogens with two attached hydrogens (primary N) is 1. The van der Waals surface area contributed by atoms with Crippen molar-refractivity contribution in [2.75, 3.05) is 13.1 Å². The lowest BCUT2D eigenvalue weighted by Crippen LogP contribution is -2.61. The number of amides is 1. The van der Waals surface area contributed by atoms with Gasteiger partial charge in [-0.2, -0.15) is 0 Å². The molecule has 0 heterocycles. The van der Waals surface area contributed by atoms with E-state index >= 15 is 0 Å². The van der Waals surface area contributed by atoms with Gasteiger partial charge in [0.2, 0.25) is 5.91 Å². The Morgan fingerprint density at radius 1 is 1.50 bits per heavy atom. The van der Waals surface area contributed by atoms with Crippen LogP contribution in [0.25, 0.3) is 0 Å². The molecule has 4 nitrogen and oxygen atoms in total. The van der Waals surface area contributed by atoms with Gasteiger partial charge in [0.05, 0.1) is 0 Å². The summed E-state index contributed by atoms with van der Waals surface area (Å²) in [7, 11) is 0. The lowest BCUT2D eigenvalue weighted by Gasteiger charge is -2.35. The van der Waals surface area contributed by atoms with Crippen LogP contribution < -0.4 is 11.1 Å². The second-order valence-electron chi connectivity index (χ2n) is 6.05. The number of unbranched alkanes of at least 4 members (excludes halogenated alkanes) is 1. The molecule has 1 aliphatic carbocycles. The summed E-state index contributed by atoms with van der Waals surface area (Å²) in [4.78, 5) is 14.2. The molecular weight excluding hydrogens is 226 g/mol. The smallest absolute Gasteiger partial charge is 0.238 e. The van der Waals surface area contributed by atoms with Crippen LogP contribution in [0, 0.1) is 0 Å². The molecule has 106 valence electrons. The fourth-order valence-electron chi connectivity index (χ4n) is 2.43. The number of hydrogen-bond donors (Lipinski definition) is 2. The molecule has 1 fully saturated rings. The van der Waals surface area contributed by atoms with E-state index in [1.54, 1.807) is 0 Å². The first kappa shape index (κ1) is 15.4. The standard InChI is InChI=1S/C14H29N3O/c1-5-6-9-17(12-7-8-12)10-14(4,13(15)18)16-11(2)3/h11-12,16H,5-10H2,1-4H3,(H2,15,18). The molecule has 1 unspecified atom stereocenters. The van der Waals surface area contributed by atoms with Crippen molar-refractivity contribution < 1.29 is 4.79 Å². The molecule has 0 aromatic carbocycles. The van der Waals surface area contributed by atoms with Crippen molar-refractivity contribution >= 4 is 5.91 Å². The molecule has 3 N–H and O–H groups in total. The third-order valence-electron chi connectivity index (χ3n) is 3.53. The normalized spacial score (nSPS) is 19.2. The van der Waals surface area contributed by atoms with E-state index in [0.717, 1.165) is 13.1 Å². The minimum Gasteiger partial charge on any atom is -0.368 e. The first-order chi connectivity index (χ1) is 8.39. The van der Waals surface area contributed by atoms with E-state index < -0.39 is 5.54 Å². The number of nitrogens with zero attached hydrogens (tertiary/aromatic N) is 1. The molecule has 4 heteroatoms. The Hall–Kier alpha value is -0.610. The highest BCUT2D eigenvalue weighted by molar-refractivity contribution is 5.84. The fourth-order valence-corrected chi connectivity index (χ4v) is 2.43. The van der Waals surface area contributed by atoms with Crippen molar-refractivity contribution in [1.82, 2.24) is 10.2 Å². The Balaban J connectivity index is 2.64. The molecule has 1 rings (SSSR count). The Kier molecular flexibility index (Phi) is 5.60. The number of carbonyl (C=O) groups excluding carboxylic acids is 1. The van der Waals surface area contributed by atoms with Gasteiger partial charge in [0, 0.05) is 18.6 Å². The summed E-state index contributed by atoms with van der Waals surface area (Å²) < 4.78 is 0. The minimum absolute atomic E-state index is 0.252. The highest BCUT2D eigenvalue weighted by atomic mass is 16.1. The van der Waals surface area contributed by atoms with Crippen LogP contribution in [0.3, 0.4) is 0 Å². The van der Waals surface area contributed by atoms with Crippen molar-refractivity contribution in [3.05, 3.63) is 0 Å². The monoisotopic (exact) mass is 255 g/mol. The predicted octanol–water partition coefficient (Wildman–Crippen LogP) is 1.49. The number of primary amides is 1. The van der Waals surface area contributed by atoms with Gasteiger partial charge in [0.15, 0.2) is 0 Å². The van der Waals surface area contributed by atoms with Crippen LogP contribution in [-0.4, -0.2) is 41.5 Å². The second-order valence-corrected chi connectivity index (χ2v) is 6.05. The van der Waals surface area contributed by atoms with E-state index in [2.05, 4.69) is 31.0 Å². The zero-order chi connectivity index (χ0) is 13.8. The quantitative estimate of drug-likeness (QED) is 0.656. The number of rotatable bonds is 9. The molecule has 0 saturated heterocycles. The number of hydrogen-bond acceptors (Lipinski definition) is 3. The van der Waals surface area contributed by atoms with E-state index in [1.807, 2.05) is 6.92 Å². The third kappa shape index (κ3) is 4.58. The Bertz CT molecular complexity index is 276. The van der Waals surface area contributed by atoms with Crippen LogP contribution in [0.1, 0.15) is 53.4 Å². The van der Waals surface area contributed by atoms with Crippen LogP contribution >= 0.6 is 0 Å². The van der Waals surface area contributed by atoms with Crippen molar-refractivity contribution in [2.45, 2.75) is 71.0 Å². The lowest BCUT2D eigenvalue weighted by molar-refractivity contribution is -0.125. The van der Waals surface area contributed by atoms with E-state index in [0.29, 0.717) is 6.04 Å². The van der Waals surface area contributed by atoms with Crippen molar-refractivity contribution in [2.24, 2.45) is 5.73 Å². The summed E-state index contributed by atoms with van der Waals surface area (Å²) in [5, 5.41) is 3.33. The molecule has 1 amide bonds. The average molecular weight is 255 g/mol. The Morgan fingerprint density at radius 3 is 2.50 bits per heavy atom. The highest BCUT2D eigenvalue weighted by Gasteiger charge is 2.38. The van der Waals surface area contributed by atoms with E-state index in [1.165, 1.54) is 25.7 Å². The predicted molar refractivity (Wildman–Crippen MR) is 75.4 cm³/mol. The summed E-state index contributed by atoms with van der Waals surface area (Å²) in [6.45, 7) is 10.0. The first-order valence-corrected chi connectivity index (χ1v) is 7.20. The van der Waals surface area contributed by atoms with Crippen LogP contribution in [-0.2, 0) is 4.79 Å². The molecule has 0 bridgehead atoms. The van der Waals surface area contributed by atoms with E-state index in [-0.39, 0.29) is 11.9 Å². The zero-order valence-corrected chi connectivity index (χ0v) is 12.3. The van der Waals surface area contributed by atoms with Crippen molar-refractivity contribution in [3.63, 3.8) is 0 Å². The third-order valence-corrected chi connectivity index (χ3v) is 3.53. The summed E-state index contributed by atoms with van der Waals surface area (Å²) in [5.74, 6) is -0.252. The van der Waals surface area contributed by atoms with Crippen LogP contribution in [0.2, 0.25) is 0 Å². The lowest BCUT2D eigenvalue weighted by atomic mass is 9.99. The van der Waals surface area contributed by atoms with Gasteiger partial charge in [0.1, 0.15) is 5.54 Å². The maximum Gasteiger partial charge on any atom is 0.238 e. The maximum atomic E-state index is 11.7. The fraction of sp³-hybridized carbons (Fsp3) is 0.929. The van der Waals surface area contributed by atoms with E-state index in [9.17, 15) is 4.79 Å². The van der Waals surface area contributed by atoms with Gasteiger partial charge < -0.3 is 11.1 Å². The van der Waals surface area contributed by atoms with Gasteiger partial charge >= 0.3 is 0 Å². The Morgan fingerprint density at radius 2 is 2.11 bits per heavy atom. The SMILES string of the molecule is CCCCN(CC(C)(NC(C)C)C(N)=O)C1CC1. The molecule has 0 aromatic rings. The molecule has 0 aromatic heterocycles. The summed E-state index contributed by atoms with van der Waals surface area (Å²) in [6, 6.07) is 0.930. The first-order valence-electron chi connectivity index (χ1n) is 7.20. The summed E-state index contributed by atoms with van der Waals surface area (Å²) >= 11 is 0. The molecule has 18 heavy (non-hydrogen) atoms. The largest absolute Gasteiger partial charge is 0.368 e. The molecule has 1 saturated carbocycles. The van der Waals surface area contributed by atoms with Gasteiger partial charge in [-0.05, 0) is 46.6 Å². The van der Waals surface area contributed by atoms with Gasteiger partial charge in [-0.1, -0.05) is 13.3 Å². The minimum atomic E-state index is -0.621. The highest BCUT2D eigenvalue weighted by Crippen LogP contribution is 2.28. The molecule has 0 radical (unpaired) electrons. The average Bonchev–Trinajstić information content (AvgIpc) is 3.06. The molecule has 1 aliphatic rings. The molecule has 0 spiro atoms. The molecular formula is C14H29N3O. The molecule has 0 aliphatic heterocycles. The van der Waals surface area contributed by atoms with Crippen LogP contribution in [0.5, 0.6) is 0 Å². The van der Waals surface area contributed by atoms with Gasteiger partial charge in [-0.3, -0.25) is 9.69 Å². The summed E-state index contributed by atoms with van der Waals surface area (Å²) in [5.41, 5.74) is 4.97. The Labute approximate surface area is 111 Å². The van der Waals surface area contributed by atoms with Crippen LogP contribution in [0.4, 0.5) is 0 Å². The number of nitrogens with one attached hydrogen (secondary N) is 1. The second kappa shape index (κ2) is 6.53. The van der Waals surface area contributed by atoms with Crippen LogP contribution in [0.15, 0.2) is 0 Å². The van der Waals surface area contributed by atoms with Gasteiger partial charge in [-0.25, -0.2) is 0 Å². The van der Waals surface area contributed by atoms with Gasteiger partial charge in [-0.15, -0.1) is 0 Å². The maximum absolute atomic E-state index is 11.7. The van der Waals surface area contributed by atoms with E-state index in [4.69, 9.17) is 5.73 Å². The van der Waals surface area contributed by atoms with Crippen molar-refractivity contribution in [1.29, 1.82) is 0 Å². The number of carbonyl (C=O) groups is 1. The summed E-state index contributed by atoms with van der Waals surface area (Å²) in [6.07, 6.45) is 4.90. The van der Waals surface area contributed by atoms with Gasteiger partial charge in [0.25, 0.3) is 0 Å².